The second-order valence-corrected chi connectivity index (χ2v) is 12.8. The lowest BCUT2D eigenvalue weighted by Gasteiger charge is -2.33. The van der Waals surface area contributed by atoms with E-state index in [-0.39, 0.29) is 29.1 Å². The van der Waals surface area contributed by atoms with Gasteiger partial charge in [-0.05, 0) is 68.7 Å². The van der Waals surface area contributed by atoms with Gasteiger partial charge in [-0.15, -0.1) is 0 Å². The first-order valence-electron chi connectivity index (χ1n) is 13.8. The van der Waals surface area contributed by atoms with Gasteiger partial charge in [-0.2, -0.15) is 0 Å². The summed E-state index contributed by atoms with van der Waals surface area (Å²) in [7, 11) is -4.17. The molecule has 0 unspecified atom stereocenters. The molecule has 3 aromatic carbocycles. The van der Waals surface area contributed by atoms with Crippen LogP contribution in [0.2, 0.25) is 0 Å². The fourth-order valence-corrected chi connectivity index (χ4v) is 6.64. The van der Waals surface area contributed by atoms with Crippen molar-refractivity contribution in [2.75, 3.05) is 17.5 Å². The highest BCUT2D eigenvalue weighted by Gasteiger charge is 2.34. The van der Waals surface area contributed by atoms with Crippen LogP contribution < -0.4 is 14.4 Å². The quantitative estimate of drug-likeness (QED) is 0.281. The predicted molar refractivity (Wildman–Crippen MR) is 163 cm³/mol. The Balaban J connectivity index is 1.71. The molecule has 0 saturated heterocycles. The van der Waals surface area contributed by atoms with Gasteiger partial charge in [-0.3, -0.25) is 13.9 Å². The summed E-state index contributed by atoms with van der Waals surface area (Å²) >= 11 is 3.43. The molecule has 3 aromatic rings. The molecule has 1 N–H and O–H groups in total. The third kappa shape index (κ3) is 7.68. The van der Waals surface area contributed by atoms with E-state index in [0.29, 0.717) is 12.4 Å². The Bertz CT molecular complexity index is 1430. The van der Waals surface area contributed by atoms with Crippen LogP contribution >= 0.6 is 15.9 Å². The number of benzene rings is 3. The molecule has 10 heteroatoms. The number of nitrogens with zero attached hydrogens (tertiary/aromatic N) is 2. The van der Waals surface area contributed by atoms with Crippen molar-refractivity contribution in [2.45, 2.75) is 63.1 Å². The van der Waals surface area contributed by atoms with Crippen LogP contribution in [0.5, 0.6) is 5.75 Å². The summed E-state index contributed by atoms with van der Waals surface area (Å²) in [4.78, 5) is 29.0. The zero-order valence-electron chi connectivity index (χ0n) is 23.3. The maximum atomic E-state index is 14.1. The summed E-state index contributed by atoms with van der Waals surface area (Å²) in [6.45, 7) is 3.43. The van der Waals surface area contributed by atoms with Crippen LogP contribution in [-0.4, -0.2) is 50.4 Å². The summed E-state index contributed by atoms with van der Waals surface area (Å²) in [6, 6.07) is 21.5. The van der Waals surface area contributed by atoms with Crippen molar-refractivity contribution < 1.29 is 22.7 Å². The first kappa shape index (κ1) is 30.6. The zero-order valence-corrected chi connectivity index (χ0v) is 25.7. The number of sulfonamides is 1. The summed E-state index contributed by atoms with van der Waals surface area (Å²) in [6.07, 6.45) is 3.95. The average molecular weight is 643 g/mol. The molecule has 1 atom stereocenters. The number of carbonyl (C=O) groups excluding carboxylic acids is 2. The lowest BCUT2D eigenvalue weighted by molar-refractivity contribution is -0.139. The van der Waals surface area contributed by atoms with Crippen LogP contribution in [0.1, 0.15) is 45.1 Å². The Labute approximate surface area is 250 Å². The smallest absolute Gasteiger partial charge is 0.264 e. The molecule has 2 amide bonds. The zero-order chi connectivity index (χ0) is 29.4. The van der Waals surface area contributed by atoms with Crippen LogP contribution in [0, 0.1) is 0 Å². The third-order valence-electron chi connectivity index (χ3n) is 7.18. The van der Waals surface area contributed by atoms with E-state index in [1.807, 2.05) is 31.2 Å². The van der Waals surface area contributed by atoms with Crippen molar-refractivity contribution in [3.8, 4) is 5.75 Å². The monoisotopic (exact) mass is 641 g/mol. The molecule has 1 aliphatic rings. The lowest BCUT2D eigenvalue weighted by atomic mass is 10.1. The molecular formula is C31H36BrN3O5S. The molecule has 0 spiro atoms. The maximum Gasteiger partial charge on any atom is 0.264 e. The summed E-state index contributed by atoms with van der Waals surface area (Å²) in [5, 5.41) is 3.08. The third-order valence-corrected chi connectivity index (χ3v) is 9.48. The van der Waals surface area contributed by atoms with Gasteiger partial charge in [0.1, 0.15) is 18.3 Å². The fraction of sp³-hybridized carbons (Fsp3) is 0.355. The highest BCUT2D eigenvalue weighted by atomic mass is 79.9. The molecule has 0 aromatic heterocycles. The Morgan fingerprint density at radius 3 is 2.27 bits per heavy atom. The Morgan fingerprint density at radius 2 is 1.61 bits per heavy atom. The first-order chi connectivity index (χ1) is 19.7. The number of hydrogen-bond donors (Lipinski definition) is 1. The van der Waals surface area contributed by atoms with Crippen LogP contribution in [-0.2, 0) is 26.2 Å². The van der Waals surface area contributed by atoms with Crippen molar-refractivity contribution in [1.29, 1.82) is 0 Å². The number of ether oxygens (including phenoxy) is 1. The summed E-state index contributed by atoms with van der Waals surface area (Å²) < 4.78 is 35.7. The molecule has 1 fully saturated rings. The number of nitrogens with one attached hydrogen (secondary N) is 1. The summed E-state index contributed by atoms with van der Waals surface area (Å²) in [5.74, 6) is -0.420. The lowest BCUT2D eigenvalue weighted by Crippen LogP contribution is -2.52. The fourth-order valence-electron chi connectivity index (χ4n) is 4.93. The molecule has 0 bridgehead atoms. The molecule has 0 heterocycles. The highest BCUT2D eigenvalue weighted by molar-refractivity contribution is 9.10. The number of rotatable bonds is 12. The molecule has 0 radical (unpaired) electrons. The van der Waals surface area contributed by atoms with E-state index in [2.05, 4.69) is 21.2 Å². The molecule has 0 aliphatic heterocycles. The minimum Gasteiger partial charge on any atom is -0.492 e. The molecule has 218 valence electrons. The Kier molecular flexibility index (Phi) is 10.4. The Hall–Kier alpha value is -3.37. The summed E-state index contributed by atoms with van der Waals surface area (Å²) in [5.41, 5.74) is 1.06. The van der Waals surface area contributed by atoms with Crippen LogP contribution in [0.25, 0.3) is 0 Å². The van der Waals surface area contributed by atoms with E-state index in [9.17, 15) is 18.0 Å². The van der Waals surface area contributed by atoms with Crippen LogP contribution in [0.15, 0.2) is 88.2 Å². The Morgan fingerprint density at radius 1 is 0.976 bits per heavy atom. The van der Waals surface area contributed by atoms with E-state index < -0.39 is 28.5 Å². The van der Waals surface area contributed by atoms with Gasteiger partial charge in [0.2, 0.25) is 11.8 Å². The highest BCUT2D eigenvalue weighted by Crippen LogP contribution is 2.33. The van der Waals surface area contributed by atoms with Gasteiger partial charge in [0.15, 0.2) is 0 Å². The largest absolute Gasteiger partial charge is 0.492 e. The minimum absolute atomic E-state index is 0.0468. The standard InChI is InChI=1S/C31H36BrN3O5S/c1-3-40-29-16-10-9-15-28(29)35(41(38,39)27-13-5-4-6-14-27)22-30(36)34(21-24-17-19-25(32)20-18-24)23(2)31(37)33-26-11-7-8-12-26/h4-6,9-10,13-20,23,26H,3,7-8,11-12,21-22H2,1-2H3,(H,33,37)/t23-/m0/s1. The van der Waals surface area contributed by atoms with E-state index >= 15 is 0 Å². The van der Waals surface area contributed by atoms with E-state index in [0.717, 1.165) is 40.0 Å². The number of anilines is 1. The van der Waals surface area contributed by atoms with Gasteiger partial charge in [0.05, 0.1) is 17.2 Å². The minimum atomic E-state index is -4.17. The number of halogens is 1. The second-order valence-electron chi connectivity index (χ2n) is 10.0. The van der Waals surface area contributed by atoms with Gasteiger partial charge >= 0.3 is 0 Å². The van der Waals surface area contributed by atoms with E-state index in [1.165, 1.54) is 17.0 Å². The van der Waals surface area contributed by atoms with Gasteiger partial charge in [0, 0.05) is 17.1 Å². The topological polar surface area (TPSA) is 96.0 Å². The van der Waals surface area contributed by atoms with Gasteiger partial charge in [-0.25, -0.2) is 8.42 Å². The van der Waals surface area contributed by atoms with Gasteiger partial charge in [0.25, 0.3) is 10.0 Å². The predicted octanol–water partition coefficient (Wildman–Crippen LogP) is 5.52. The molecule has 41 heavy (non-hydrogen) atoms. The molecule has 1 saturated carbocycles. The number of carbonyl (C=O) groups is 2. The van der Waals surface area contributed by atoms with Gasteiger partial charge in [-0.1, -0.05) is 71.2 Å². The van der Waals surface area contributed by atoms with E-state index in [4.69, 9.17) is 4.74 Å². The van der Waals surface area contributed by atoms with Gasteiger partial charge < -0.3 is 15.0 Å². The molecule has 8 nitrogen and oxygen atoms in total. The van der Waals surface area contributed by atoms with Crippen molar-refractivity contribution in [3.05, 3.63) is 88.9 Å². The number of para-hydroxylation sites is 2. The van der Waals surface area contributed by atoms with Crippen LogP contribution in [0.4, 0.5) is 5.69 Å². The van der Waals surface area contributed by atoms with Crippen molar-refractivity contribution >= 4 is 43.5 Å². The maximum absolute atomic E-state index is 14.1. The first-order valence-corrected chi connectivity index (χ1v) is 16.1. The average Bonchev–Trinajstić information content (AvgIpc) is 3.49. The number of hydrogen-bond acceptors (Lipinski definition) is 5. The molecule has 1 aliphatic carbocycles. The normalized spacial score (nSPS) is 14.3. The van der Waals surface area contributed by atoms with Crippen molar-refractivity contribution in [1.82, 2.24) is 10.2 Å². The molecular weight excluding hydrogens is 606 g/mol. The van der Waals surface area contributed by atoms with Crippen molar-refractivity contribution in [3.63, 3.8) is 0 Å². The second kappa shape index (κ2) is 14.0. The molecule has 4 rings (SSSR count). The van der Waals surface area contributed by atoms with Crippen LogP contribution in [0.3, 0.4) is 0 Å². The van der Waals surface area contributed by atoms with Crippen molar-refractivity contribution in [2.24, 2.45) is 0 Å². The SMILES string of the molecule is CCOc1ccccc1N(CC(=O)N(Cc1ccc(Br)cc1)[C@@H](C)C(=O)NC1CCCC1)S(=O)(=O)c1ccccc1. The van der Waals surface area contributed by atoms with E-state index in [1.54, 1.807) is 49.4 Å². The number of amides is 2.